The van der Waals surface area contributed by atoms with Gasteiger partial charge in [-0.25, -0.2) is 0 Å². The van der Waals surface area contributed by atoms with Crippen LogP contribution < -0.4 is 0 Å². The Morgan fingerprint density at radius 2 is 2.62 bits per heavy atom. The van der Waals surface area contributed by atoms with Gasteiger partial charge in [-0.3, -0.25) is 4.99 Å². The quantitative estimate of drug-likeness (QED) is 0.514. The van der Waals surface area contributed by atoms with Gasteiger partial charge in [0.2, 0.25) is 0 Å². The minimum absolute atomic E-state index is 0.321. The van der Waals surface area contributed by atoms with Gasteiger partial charge in [-0.05, 0) is 6.92 Å². The lowest BCUT2D eigenvalue weighted by atomic mass is 10.6. The summed E-state index contributed by atoms with van der Waals surface area (Å²) in [7, 11) is 0. The molecule has 0 aromatic carbocycles. The first kappa shape index (κ1) is 5.95. The first-order valence-corrected chi connectivity index (χ1v) is 3.26. The SMILES string of the molecule is CC(S)N1C=NCC1. The molecule has 0 spiro atoms. The largest absolute Gasteiger partial charge is 0.350 e. The second-order valence-electron chi connectivity index (χ2n) is 1.89. The van der Waals surface area contributed by atoms with E-state index in [2.05, 4.69) is 22.5 Å². The Morgan fingerprint density at radius 3 is 2.88 bits per heavy atom. The van der Waals surface area contributed by atoms with Crippen LogP contribution in [0.1, 0.15) is 6.92 Å². The van der Waals surface area contributed by atoms with Crippen LogP contribution in [-0.2, 0) is 0 Å². The highest BCUT2D eigenvalue weighted by atomic mass is 32.1. The van der Waals surface area contributed by atoms with Crippen molar-refractivity contribution in [2.45, 2.75) is 12.3 Å². The van der Waals surface area contributed by atoms with E-state index in [0.29, 0.717) is 5.37 Å². The zero-order valence-electron chi connectivity index (χ0n) is 4.91. The Bertz CT molecular complexity index is 101. The number of nitrogens with zero attached hydrogens (tertiary/aromatic N) is 2. The van der Waals surface area contributed by atoms with Crippen molar-refractivity contribution in [3.05, 3.63) is 0 Å². The molecule has 0 radical (unpaired) electrons. The molecule has 2 nitrogen and oxygen atoms in total. The normalized spacial score (nSPS) is 22.0. The molecule has 0 fully saturated rings. The first-order chi connectivity index (χ1) is 3.80. The maximum absolute atomic E-state index is 4.23. The van der Waals surface area contributed by atoms with Gasteiger partial charge in [-0.2, -0.15) is 12.6 Å². The van der Waals surface area contributed by atoms with E-state index in [1.807, 2.05) is 13.3 Å². The molecule has 0 saturated heterocycles. The predicted octanol–water partition coefficient (Wildman–Crippen LogP) is 0.606. The summed E-state index contributed by atoms with van der Waals surface area (Å²) in [6.45, 7) is 4.01. The molecule has 0 N–H and O–H groups in total. The van der Waals surface area contributed by atoms with Crippen LogP contribution in [0.4, 0.5) is 0 Å². The third kappa shape index (κ3) is 1.15. The number of aliphatic imine (C=N–C) groups is 1. The molecule has 1 aliphatic heterocycles. The molecule has 0 aliphatic carbocycles. The topological polar surface area (TPSA) is 15.6 Å². The predicted molar refractivity (Wildman–Crippen MR) is 38.5 cm³/mol. The lowest BCUT2D eigenvalue weighted by molar-refractivity contribution is 0.464. The zero-order chi connectivity index (χ0) is 5.98. The second kappa shape index (κ2) is 2.40. The number of thiol groups is 1. The summed E-state index contributed by atoms with van der Waals surface area (Å²) < 4.78 is 0. The molecule has 1 rings (SSSR count). The summed E-state index contributed by atoms with van der Waals surface area (Å²) in [5, 5.41) is 0.321. The van der Waals surface area contributed by atoms with Gasteiger partial charge in [0.1, 0.15) is 0 Å². The van der Waals surface area contributed by atoms with Gasteiger partial charge in [-0.15, -0.1) is 0 Å². The molecular formula is C5H10N2S. The third-order valence-electron chi connectivity index (χ3n) is 1.20. The van der Waals surface area contributed by atoms with Crippen LogP contribution >= 0.6 is 12.6 Å². The Hall–Kier alpha value is -0.180. The van der Waals surface area contributed by atoms with Crippen molar-refractivity contribution in [2.24, 2.45) is 4.99 Å². The van der Waals surface area contributed by atoms with E-state index >= 15 is 0 Å². The van der Waals surface area contributed by atoms with Crippen LogP contribution in [0.2, 0.25) is 0 Å². The van der Waals surface area contributed by atoms with Gasteiger partial charge in [0.25, 0.3) is 0 Å². The second-order valence-corrected chi connectivity index (χ2v) is 2.64. The maximum atomic E-state index is 4.23. The molecule has 1 aliphatic rings. The Balaban J connectivity index is 2.36. The summed E-state index contributed by atoms with van der Waals surface area (Å²) in [4.78, 5) is 6.14. The van der Waals surface area contributed by atoms with Crippen molar-refractivity contribution in [3.8, 4) is 0 Å². The summed E-state index contributed by atoms with van der Waals surface area (Å²) in [5.41, 5.74) is 0. The van der Waals surface area contributed by atoms with E-state index in [1.165, 1.54) is 0 Å². The molecule has 0 aromatic rings. The van der Waals surface area contributed by atoms with Crippen LogP contribution in [0.3, 0.4) is 0 Å². The van der Waals surface area contributed by atoms with Crippen molar-refractivity contribution >= 4 is 19.0 Å². The van der Waals surface area contributed by atoms with Gasteiger partial charge < -0.3 is 4.90 Å². The van der Waals surface area contributed by atoms with Gasteiger partial charge >= 0.3 is 0 Å². The van der Waals surface area contributed by atoms with Gasteiger partial charge in [-0.1, -0.05) is 0 Å². The summed E-state index contributed by atoms with van der Waals surface area (Å²) in [6, 6.07) is 0. The van der Waals surface area contributed by atoms with Gasteiger partial charge in [0, 0.05) is 6.54 Å². The smallest absolute Gasteiger partial charge is 0.0860 e. The highest BCUT2D eigenvalue weighted by Crippen LogP contribution is 2.02. The summed E-state index contributed by atoms with van der Waals surface area (Å²) >= 11 is 4.23. The van der Waals surface area contributed by atoms with E-state index in [1.54, 1.807) is 0 Å². The Morgan fingerprint density at radius 1 is 1.88 bits per heavy atom. The van der Waals surface area contributed by atoms with Crippen molar-refractivity contribution in [1.82, 2.24) is 4.90 Å². The molecular weight excluding hydrogens is 120 g/mol. The van der Waals surface area contributed by atoms with E-state index in [9.17, 15) is 0 Å². The average molecular weight is 130 g/mol. The van der Waals surface area contributed by atoms with Crippen molar-refractivity contribution < 1.29 is 0 Å². The molecule has 0 amide bonds. The third-order valence-corrected chi connectivity index (χ3v) is 1.49. The molecule has 1 heterocycles. The summed E-state index contributed by atoms with van der Waals surface area (Å²) in [5.74, 6) is 0. The number of hydrogen-bond donors (Lipinski definition) is 1. The van der Waals surface area contributed by atoms with Gasteiger partial charge in [0.15, 0.2) is 0 Å². The molecule has 0 aromatic heterocycles. The zero-order valence-corrected chi connectivity index (χ0v) is 5.80. The van der Waals surface area contributed by atoms with Crippen molar-refractivity contribution in [1.29, 1.82) is 0 Å². The average Bonchev–Trinajstić information content (AvgIpc) is 2.12. The van der Waals surface area contributed by atoms with E-state index in [0.717, 1.165) is 13.1 Å². The number of rotatable bonds is 1. The van der Waals surface area contributed by atoms with Gasteiger partial charge in [0.05, 0.1) is 18.3 Å². The van der Waals surface area contributed by atoms with Crippen molar-refractivity contribution in [3.63, 3.8) is 0 Å². The molecule has 1 unspecified atom stereocenters. The van der Waals surface area contributed by atoms with E-state index < -0.39 is 0 Å². The monoisotopic (exact) mass is 130 g/mol. The maximum Gasteiger partial charge on any atom is 0.0860 e. The fourth-order valence-corrected chi connectivity index (χ4v) is 0.852. The Kier molecular flexibility index (Phi) is 1.78. The summed E-state index contributed by atoms with van der Waals surface area (Å²) in [6.07, 6.45) is 1.86. The molecule has 0 saturated carbocycles. The van der Waals surface area contributed by atoms with E-state index in [4.69, 9.17) is 0 Å². The van der Waals surface area contributed by atoms with Crippen LogP contribution in [0.25, 0.3) is 0 Å². The fraction of sp³-hybridized carbons (Fsp3) is 0.800. The number of hydrogen-bond acceptors (Lipinski definition) is 3. The van der Waals surface area contributed by atoms with E-state index in [-0.39, 0.29) is 0 Å². The lowest BCUT2D eigenvalue weighted by Crippen LogP contribution is -2.25. The Labute approximate surface area is 55.0 Å². The minimum Gasteiger partial charge on any atom is -0.350 e. The van der Waals surface area contributed by atoms with Crippen LogP contribution in [0.15, 0.2) is 4.99 Å². The minimum atomic E-state index is 0.321. The highest BCUT2D eigenvalue weighted by molar-refractivity contribution is 7.80. The molecule has 8 heavy (non-hydrogen) atoms. The van der Waals surface area contributed by atoms with Crippen LogP contribution in [-0.4, -0.2) is 29.7 Å². The van der Waals surface area contributed by atoms with Crippen molar-refractivity contribution in [2.75, 3.05) is 13.1 Å². The first-order valence-electron chi connectivity index (χ1n) is 2.74. The molecule has 46 valence electrons. The standard InChI is InChI=1S/C5H10N2S/c1-5(8)7-3-2-6-4-7/h4-5,8H,2-3H2,1H3. The van der Waals surface area contributed by atoms with Crippen LogP contribution in [0, 0.1) is 0 Å². The lowest BCUT2D eigenvalue weighted by Gasteiger charge is -2.16. The molecule has 3 heteroatoms. The highest BCUT2D eigenvalue weighted by Gasteiger charge is 2.07. The fourth-order valence-electron chi connectivity index (χ4n) is 0.677. The molecule has 1 atom stereocenters. The molecule has 0 bridgehead atoms. The van der Waals surface area contributed by atoms with Crippen LogP contribution in [0.5, 0.6) is 0 Å².